The number of benzene rings is 2. The maximum atomic E-state index is 12.8. The quantitative estimate of drug-likeness (QED) is 0.754. The fraction of sp³-hybridized carbons (Fsp3) is 0.391. The van der Waals surface area contributed by atoms with Gasteiger partial charge in [-0.15, -0.1) is 0 Å². The van der Waals surface area contributed by atoms with Crippen LogP contribution in [0.25, 0.3) is 0 Å². The molecule has 0 aliphatic carbocycles. The molecule has 1 aliphatic rings. The highest BCUT2D eigenvalue weighted by Gasteiger charge is 2.31. The van der Waals surface area contributed by atoms with Crippen molar-refractivity contribution in [2.45, 2.75) is 32.4 Å². The van der Waals surface area contributed by atoms with Gasteiger partial charge < -0.3 is 20.7 Å². The molecule has 2 unspecified atom stereocenters. The number of rotatable bonds is 7. The summed E-state index contributed by atoms with van der Waals surface area (Å²) in [5.74, 6) is 1.15. The van der Waals surface area contributed by atoms with Crippen LogP contribution in [0.15, 0.2) is 48.5 Å². The predicted molar refractivity (Wildman–Crippen MR) is 113 cm³/mol. The lowest BCUT2D eigenvalue weighted by atomic mass is 10.1. The van der Waals surface area contributed by atoms with E-state index < -0.39 is 0 Å². The molecule has 2 amide bonds. The second-order valence-corrected chi connectivity index (χ2v) is 7.64. The third kappa shape index (κ3) is 5.35. The number of nitrogens with zero attached hydrogens (tertiary/aromatic N) is 1. The molecule has 29 heavy (non-hydrogen) atoms. The van der Waals surface area contributed by atoms with Gasteiger partial charge in [-0.3, -0.25) is 9.59 Å². The molecular weight excluding hydrogens is 366 g/mol. The van der Waals surface area contributed by atoms with Crippen LogP contribution in [0, 0.1) is 5.92 Å². The first-order valence-corrected chi connectivity index (χ1v) is 9.99. The van der Waals surface area contributed by atoms with Crippen molar-refractivity contribution in [3.63, 3.8) is 0 Å². The van der Waals surface area contributed by atoms with E-state index >= 15 is 0 Å². The highest BCUT2D eigenvalue weighted by Crippen LogP contribution is 2.24. The third-order valence-corrected chi connectivity index (χ3v) is 5.47. The molecule has 0 aromatic heterocycles. The van der Waals surface area contributed by atoms with Crippen molar-refractivity contribution in [2.24, 2.45) is 11.7 Å². The van der Waals surface area contributed by atoms with E-state index in [9.17, 15) is 9.59 Å². The highest BCUT2D eigenvalue weighted by atomic mass is 16.5. The van der Waals surface area contributed by atoms with Crippen molar-refractivity contribution in [1.29, 1.82) is 0 Å². The Morgan fingerprint density at radius 2 is 1.76 bits per heavy atom. The van der Waals surface area contributed by atoms with Gasteiger partial charge in [-0.2, -0.15) is 0 Å². The molecule has 3 rings (SSSR count). The summed E-state index contributed by atoms with van der Waals surface area (Å²) in [6, 6.07) is 15.1. The van der Waals surface area contributed by atoms with Crippen LogP contribution in [0.3, 0.4) is 0 Å². The van der Waals surface area contributed by atoms with Crippen molar-refractivity contribution in [3.05, 3.63) is 65.2 Å². The average Bonchev–Trinajstić information content (AvgIpc) is 3.13. The molecule has 2 atom stereocenters. The standard InChI is InChI=1S/C23H29N3O3/c1-16-11-19(13-24)15-26(16)23(28)20-7-3-18(4-8-20)14-25-22(27)12-17-5-9-21(29-2)10-6-17/h3-10,16,19H,11-15,24H2,1-2H3,(H,25,27). The third-order valence-electron chi connectivity index (χ3n) is 5.47. The lowest BCUT2D eigenvalue weighted by Gasteiger charge is -2.21. The van der Waals surface area contributed by atoms with Gasteiger partial charge in [0.15, 0.2) is 0 Å². The fourth-order valence-electron chi connectivity index (χ4n) is 3.72. The van der Waals surface area contributed by atoms with E-state index in [1.54, 1.807) is 7.11 Å². The lowest BCUT2D eigenvalue weighted by molar-refractivity contribution is -0.120. The number of hydrogen-bond acceptors (Lipinski definition) is 4. The lowest BCUT2D eigenvalue weighted by Crippen LogP contribution is -2.34. The van der Waals surface area contributed by atoms with Crippen LogP contribution in [0.1, 0.15) is 34.8 Å². The van der Waals surface area contributed by atoms with E-state index in [1.807, 2.05) is 53.4 Å². The van der Waals surface area contributed by atoms with Crippen molar-refractivity contribution in [1.82, 2.24) is 10.2 Å². The molecule has 1 heterocycles. The van der Waals surface area contributed by atoms with Gasteiger partial charge in [-0.25, -0.2) is 0 Å². The molecule has 0 bridgehead atoms. The molecule has 0 radical (unpaired) electrons. The first-order valence-electron chi connectivity index (χ1n) is 9.99. The summed E-state index contributed by atoms with van der Waals surface area (Å²) in [6.45, 7) is 3.84. The van der Waals surface area contributed by atoms with Gasteiger partial charge in [0, 0.05) is 24.7 Å². The number of amides is 2. The second kappa shape index (κ2) is 9.56. The molecule has 1 fully saturated rings. The molecule has 2 aromatic rings. The van der Waals surface area contributed by atoms with Crippen LogP contribution in [-0.4, -0.2) is 43.0 Å². The molecule has 3 N–H and O–H groups in total. The summed E-state index contributed by atoms with van der Waals surface area (Å²) in [4.78, 5) is 26.8. The second-order valence-electron chi connectivity index (χ2n) is 7.64. The summed E-state index contributed by atoms with van der Waals surface area (Å²) in [7, 11) is 1.61. The number of likely N-dealkylation sites (tertiary alicyclic amines) is 1. The van der Waals surface area contributed by atoms with E-state index in [0.29, 0.717) is 31.0 Å². The smallest absolute Gasteiger partial charge is 0.254 e. The number of nitrogens with one attached hydrogen (secondary N) is 1. The van der Waals surface area contributed by atoms with Crippen LogP contribution in [0.5, 0.6) is 5.75 Å². The summed E-state index contributed by atoms with van der Waals surface area (Å²) in [6.07, 6.45) is 1.27. The predicted octanol–water partition coefficient (Wildman–Crippen LogP) is 2.36. The number of hydrogen-bond donors (Lipinski definition) is 2. The van der Waals surface area contributed by atoms with Crippen LogP contribution in [-0.2, 0) is 17.8 Å². The van der Waals surface area contributed by atoms with Gasteiger partial charge >= 0.3 is 0 Å². The molecule has 0 saturated carbocycles. The highest BCUT2D eigenvalue weighted by molar-refractivity contribution is 5.94. The zero-order chi connectivity index (χ0) is 20.8. The molecule has 1 saturated heterocycles. The largest absolute Gasteiger partial charge is 0.497 e. The zero-order valence-corrected chi connectivity index (χ0v) is 17.1. The minimum absolute atomic E-state index is 0.0449. The van der Waals surface area contributed by atoms with Crippen LogP contribution >= 0.6 is 0 Å². The topological polar surface area (TPSA) is 84.7 Å². The monoisotopic (exact) mass is 395 g/mol. The Labute approximate surface area is 172 Å². The number of nitrogens with two attached hydrogens (primary N) is 1. The fourth-order valence-corrected chi connectivity index (χ4v) is 3.72. The van der Waals surface area contributed by atoms with Gasteiger partial charge in [-0.1, -0.05) is 24.3 Å². The Bertz CT molecular complexity index is 833. The van der Waals surface area contributed by atoms with Gasteiger partial charge in [0.1, 0.15) is 5.75 Å². The van der Waals surface area contributed by atoms with Crippen molar-refractivity contribution >= 4 is 11.8 Å². The summed E-state index contributed by atoms with van der Waals surface area (Å²) < 4.78 is 5.12. The molecule has 1 aliphatic heterocycles. The molecule has 0 spiro atoms. The van der Waals surface area contributed by atoms with Crippen LogP contribution in [0.4, 0.5) is 0 Å². The van der Waals surface area contributed by atoms with Crippen molar-refractivity contribution in [3.8, 4) is 5.75 Å². The first-order chi connectivity index (χ1) is 14.0. The van der Waals surface area contributed by atoms with Crippen LogP contribution < -0.4 is 15.8 Å². The Hall–Kier alpha value is -2.86. The molecule has 2 aromatic carbocycles. The number of methoxy groups -OCH3 is 1. The van der Waals surface area contributed by atoms with Crippen molar-refractivity contribution < 1.29 is 14.3 Å². The summed E-state index contributed by atoms with van der Waals surface area (Å²) in [5.41, 5.74) is 8.32. The van der Waals surface area contributed by atoms with E-state index in [-0.39, 0.29) is 17.9 Å². The SMILES string of the molecule is COc1ccc(CC(=O)NCc2ccc(C(=O)N3CC(CN)CC3C)cc2)cc1. The first kappa shape index (κ1) is 20.9. The summed E-state index contributed by atoms with van der Waals surface area (Å²) in [5, 5.41) is 2.92. The molecule has 6 heteroatoms. The Balaban J connectivity index is 1.51. The van der Waals surface area contributed by atoms with Gasteiger partial charge in [0.05, 0.1) is 13.5 Å². The van der Waals surface area contributed by atoms with Gasteiger partial charge in [0.25, 0.3) is 5.91 Å². The van der Waals surface area contributed by atoms with E-state index in [2.05, 4.69) is 12.2 Å². The minimum atomic E-state index is -0.0472. The Kier molecular flexibility index (Phi) is 6.88. The maximum Gasteiger partial charge on any atom is 0.254 e. The average molecular weight is 396 g/mol. The molecule has 6 nitrogen and oxygen atoms in total. The molecule has 154 valence electrons. The molecular formula is C23H29N3O3. The van der Waals surface area contributed by atoms with Crippen LogP contribution in [0.2, 0.25) is 0 Å². The maximum absolute atomic E-state index is 12.8. The van der Waals surface area contributed by atoms with E-state index in [4.69, 9.17) is 10.5 Å². The minimum Gasteiger partial charge on any atom is -0.497 e. The zero-order valence-electron chi connectivity index (χ0n) is 17.1. The summed E-state index contributed by atoms with van der Waals surface area (Å²) >= 11 is 0. The van der Waals surface area contributed by atoms with E-state index in [1.165, 1.54) is 0 Å². The normalized spacial score (nSPS) is 18.5. The van der Waals surface area contributed by atoms with Gasteiger partial charge in [0.2, 0.25) is 5.91 Å². The number of carbonyl (C=O) groups excluding carboxylic acids is 2. The van der Waals surface area contributed by atoms with Gasteiger partial charge in [-0.05, 0) is 61.2 Å². The Morgan fingerprint density at radius 1 is 1.10 bits per heavy atom. The van der Waals surface area contributed by atoms with Crippen molar-refractivity contribution in [2.75, 3.05) is 20.2 Å². The Morgan fingerprint density at radius 3 is 2.34 bits per heavy atom. The van der Waals surface area contributed by atoms with E-state index in [0.717, 1.165) is 29.8 Å². The number of carbonyl (C=O) groups is 2. The number of ether oxygens (including phenoxy) is 1.